The van der Waals surface area contributed by atoms with Crippen molar-refractivity contribution < 1.29 is 4.92 Å². The molecule has 5 nitrogen and oxygen atoms in total. The zero-order valence-electron chi connectivity index (χ0n) is 13.0. The van der Waals surface area contributed by atoms with E-state index in [1.165, 1.54) is 19.3 Å². The SMILES string of the molecule is CCNc1ccc(CN(CC)CC2CCC2)cc1[N+](=O)[O-]. The van der Waals surface area contributed by atoms with Gasteiger partial charge in [0.2, 0.25) is 0 Å². The fourth-order valence-electron chi connectivity index (χ4n) is 2.77. The second-order valence-corrected chi connectivity index (χ2v) is 5.76. The number of hydrogen-bond donors (Lipinski definition) is 1. The fourth-order valence-corrected chi connectivity index (χ4v) is 2.77. The van der Waals surface area contributed by atoms with Crippen LogP contribution >= 0.6 is 0 Å². The van der Waals surface area contributed by atoms with Crippen LogP contribution in [0, 0.1) is 16.0 Å². The van der Waals surface area contributed by atoms with E-state index >= 15 is 0 Å². The summed E-state index contributed by atoms with van der Waals surface area (Å²) in [5.74, 6) is 0.820. The monoisotopic (exact) mass is 291 g/mol. The van der Waals surface area contributed by atoms with Crippen LogP contribution in [0.1, 0.15) is 38.7 Å². The molecule has 1 aliphatic rings. The van der Waals surface area contributed by atoms with Gasteiger partial charge in [0.25, 0.3) is 5.69 Å². The Bertz CT molecular complexity index is 486. The van der Waals surface area contributed by atoms with Crippen molar-refractivity contribution in [2.75, 3.05) is 25.0 Å². The largest absolute Gasteiger partial charge is 0.380 e. The van der Waals surface area contributed by atoms with E-state index in [4.69, 9.17) is 0 Å². The van der Waals surface area contributed by atoms with Crippen molar-refractivity contribution in [2.24, 2.45) is 5.92 Å². The van der Waals surface area contributed by atoms with Gasteiger partial charge >= 0.3 is 0 Å². The lowest BCUT2D eigenvalue weighted by atomic mass is 9.85. The lowest BCUT2D eigenvalue weighted by Crippen LogP contribution is -2.32. The van der Waals surface area contributed by atoms with E-state index in [1.54, 1.807) is 6.07 Å². The minimum atomic E-state index is -0.302. The van der Waals surface area contributed by atoms with Crippen LogP contribution in [0.3, 0.4) is 0 Å². The molecule has 1 aromatic rings. The second kappa shape index (κ2) is 7.41. The first-order valence-corrected chi connectivity index (χ1v) is 7.87. The van der Waals surface area contributed by atoms with Crippen LogP contribution in [0.5, 0.6) is 0 Å². The van der Waals surface area contributed by atoms with Gasteiger partial charge in [0.1, 0.15) is 5.69 Å². The van der Waals surface area contributed by atoms with E-state index in [1.807, 2.05) is 19.1 Å². The summed E-state index contributed by atoms with van der Waals surface area (Å²) in [4.78, 5) is 13.3. The van der Waals surface area contributed by atoms with E-state index < -0.39 is 0 Å². The first-order valence-electron chi connectivity index (χ1n) is 7.87. The summed E-state index contributed by atoms with van der Waals surface area (Å²) in [7, 11) is 0. The van der Waals surface area contributed by atoms with Gasteiger partial charge in [0, 0.05) is 25.7 Å². The van der Waals surface area contributed by atoms with Gasteiger partial charge in [-0.05, 0) is 43.9 Å². The zero-order chi connectivity index (χ0) is 15.2. The van der Waals surface area contributed by atoms with Gasteiger partial charge < -0.3 is 5.32 Å². The summed E-state index contributed by atoms with van der Waals surface area (Å²) in [6.07, 6.45) is 4.01. The molecule has 0 aromatic heterocycles. The summed E-state index contributed by atoms with van der Waals surface area (Å²) in [6.45, 7) is 7.66. The van der Waals surface area contributed by atoms with Crippen molar-refractivity contribution in [3.8, 4) is 0 Å². The highest BCUT2D eigenvalue weighted by molar-refractivity contribution is 5.62. The lowest BCUT2D eigenvalue weighted by Gasteiger charge is -2.31. The van der Waals surface area contributed by atoms with Crippen molar-refractivity contribution in [1.82, 2.24) is 4.90 Å². The van der Waals surface area contributed by atoms with Gasteiger partial charge in [-0.1, -0.05) is 19.4 Å². The quantitative estimate of drug-likeness (QED) is 0.586. The van der Waals surface area contributed by atoms with Crippen LogP contribution < -0.4 is 5.32 Å². The third kappa shape index (κ3) is 4.17. The Hall–Kier alpha value is -1.62. The summed E-state index contributed by atoms with van der Waals surface area (Å²) in [6, 6.07) is 5.53. The molecule has 1 fully saturated rings. The minimum absolute atomic E-state index is 0.175. The fraction of sp³-hybridized carbons (Fsp3) is 0.625. The first-order chi connectivity index (χ1) is 10.1. The van der Waals surface area contributed by atoms with E-state index in [-0.39, 0.29) is 10.6 Å². The molecule has 5 heteroatoms. The van der Waals surface area contributed by atoms with E-state index in [0.29, 0.717) is 12.2 Å². The average Bonchev–Trinajstić information content (AvgIpc) is 2.42. The normalized spacial score (nSPS) is 15.0. The Kier molecular flexibility index (Phi) is 5.56. The molecule has 1 saturated carbocycles. The topological polar surface area (TPSA) is 58.4 Å². The molecule has 0 atom stereocenters. The molecule has 2 rings (SSSR count). The number of anilines is 1. The second-order valence-electron chi connectivity index (χ2n) is 5.76. The molecule has 0 radical (unpaired) electrons. The van der Waals surface area contributed by atoms with Gasteiger partial charge in [-0.25, -0.2) is 0 Å². The van der Waals surface area contributed by atoms with Gasteiger partial charge in [0.15, 0.2) is 0 Å². The van der Waals surface area contributed by atoms with E-state index in [9.17, 15) is 10.1 Å². The molecule has 0 spiro atoms. The van der Waals surface area contributed by atoms with E-state index in [0.717, 1.165) is 31.1 Å². The van der Waals surface area contributed by atoms with Crippen molar-refractivity contribution in [3.63, 3.8) is 0 Å². The molecular formula is C16H25N3O2. The molecule has 1 aliphatic carbocycles. The molecule has 1 aromatic carbocycles. The zero-order valence-corrected chi connectivity index (χ0v) is 13.0. The molecule has 0 unspecified atom stereocenters. The number of nitro groups is 1. The molecule has 0 aliphatic heterocycles. The predicted molar refractivity (Wildman–Crippen MR) is 85.6 cm³/mol. The van der Waals surface area contributed by atoms with Gasteiger partial charge in [-0.2, -0.15) is 0 Å². The van der Waals surface area contributed by atoms with Crippen molar-refractivity contribution in [3.05, 3.63) is 33.9 Å². The molecule has 0 heterocycles. The third-order valence-corrected chi connectivity index (χ3v) is 4.22. The van der Waals surface area contributed by atoms with Crippen molar-refractivity contribution >= 4 is 11.4 Å². The van der Waals surface area contributed by atoms with Crippen molar-refractivity contribution in [1.29, 1.82) is 0 Å². The maximum atomic E-state index is 11.2. The number of benzene rings is 1. The third-order valence-electron chi connectivity index (χ3n) is 4.22. The molecule has 21 heavy (non-hydrogen) atoms. The average molecular weight is 291 g/mol. The van der Waals surface area contributed by atoms with Crippen LogP contribution in [0.4, 0.5) is 11.4 Å². The molecule has 0 saturated heterocycles. The maximum Gasteiger partial charge on any atom is 0.292 e. The minimum Gasteiger partial charge on any atom is -0.380 e. The first kappa shape index (κ1) is 15.8. The highest BCUT2D eigenvalue weighted by atomic mass is 16.6. The number of hydrogen-bond acceptors (Lipinski definition) is 4. The van der Waals surface area contributed by atoms with Crippen LogP contribution in [0.15, 0.2) is 18.2 Å². The highest BCUT2D eigenvalue weighted by Gasteiger charge is 2.21. The Morgan fingerprint density at radius 3 is 2.67 bits per heavy atom. The molecular weight excluding hydrogens is 266 g/mol. The maximum absolute atomic E-state index is 11.2. The Labute approximate surface area is 126 Å². The van der Waals surface area contributed by atoms with Crippen LogP contribution in [-0.4, -0.2) is 29.5 Å². The van der Waals surface area contributed by atoms with Crippen LogP contribution in [0.2, 0.25) is 0 Å². The Morgan fingerprint density at radius 1 is 1.38 bits per heavy atom. The lowest BCUT2D eigenvalue weighted by molar-refractivity contribution is -0.384. The molecule has 0 amide bonds. The van der Waals surface area contributed by atoms with Crippen LogP contribution in [-0.2, 0) is 6.54 Å². The number of rotatable bonds is 8. The molecule has 116 valence electrons. The summed E-state index contributed by atoms with van der Waals surface area (Å²) in [5, 5.41) is 14.2. The summed E-state index contributed by atoms with van der Waals surface area (Å²) < 4.78 is 0. The molecule has 1 N–H and O–H groups in total. The van der Waals surface area contributed by atoms with E-state index in [2.05, 4.69) is 17.1 Å². The van der Waals surface area contributed by atoms with Gasteiger partial charge in [-0.15, -0.1) is 0 Å². The van der Waals surface area contributed by atoms with Gasteiger partial charge in [0.05, 0.1) is 4.92 Å². The smallest absolute Gasteiger partial charge is 0.292 e. The summed E-state index contributed by atoms with van der Waals surface area (Å²) in [5.41, 5.74) is 1.80. The standard InChI is InChI=1S/C16H25N3O2/c1-3-17-15-9-8-14(10-16(15)19(20)21)12-18(4-2)11-13-6-5-7-13/h8-10,13,17H,3-7,11-12H2,1-2H3. The predicted octanol–water partition coefficient (Wildman–Crippen LogP) is 3.65. The highest BCUT2D eigenvalue weighted by Crippen LogP contribution is 2.29. The Morgan fingerprint density at radius 2 is 2.14 bits per heavy atom. The summed E-state index contributed by atoms with van der Waals surface area (Å²) >= 11 is 0. The van der Waals surface area contributed by atoms with Crippen molar-refractivity contribution in [2.45, 2.75) is 39.7 Å². The number of nitrogens with one attached hydrogen (secondary N) is 1. The Balaban J connectivity index is 2.07. The van der Waals surface area contributed by atoms with Crippen LogP contribution in [0.25, 0.3) is 0 Å². The number of nitro benzene ring substituents is 1. The number of nitrogens with zero attached hydrogens (tertiary/aromatic N) is 2. The van der Waals surface area contributed by atoms with Gasteiger partial charge in [-0.3, -0.25) is 15.0 Å². The molecule has 0 bridgehead atoms.